The molecule has 1 amide bonds. The number of ether oxygens (including phenoxy) is 2. The topological polar surface area (TPSA) is 104 Å². The highest BCUT2D eigenvalue weighted by Crippen LogP contribution is 2.41. The average Bonchev–Trinajstić information content (AvgIpc) is 2.86. The Morgan fingerprint density at radius 1 is 1.18 bits per heavy atom. The van der Waals surface area contributed by atoms with Crippen LogP contribution in [0, 0.1) is 28.4 Å². The monoisotopic (exact) mass is 475 g/mol. The molecular formula is C25H31F2N3O4. The number of hydrogen-bond acceptors (Lipinski definition) is 5. The van der Waals surface area contributed by atoms with Crippen LogP contribution in [0.25, 0.3) is 0 Å². The van der Waals surface area contributed by atoms with Crippen LogP contribution in [-0.4, -0.2) is 30.6 Å². The molecule has 0 unspecified atom stereocenters. The Balaban J connectivity index is 1.60. The molecule has 0 bridgehead atoms. The lowest BCUT2D eigenvalue weighted by Crippen LogP contribution is -2.42. The molecule has 2 aromatic rings. The molecule has 184 valence electrons. The molecule has 4 N–H and O–H groups in total. The van der Waals surface area contributed by atoms with Gasteiger partial charge in [-0.3, -0.25) is 20.9 Å². The van der Waals surface area contributed by atoms with E-state index in [0.717, 1.165) is 44.2 Å². The van der Waals surface area contributed by atoms with Gasteiger partial charge in [0.15, 0.2) is 17.4 Å². The molecule has 34 heavy (non-hydrogen) atoms. The van der Waals surface area contributed by atoms with E-state index in [9.17, 15) is 13.6 Å². The van der Waals surface area contributed by atoms with Crippen molar-refractivity contribution in [3.8, 4) is 11.5 Å². The molecule has 9 heteroatoms. The summed E-state index contributed by atoms with van der Waals surface area (Å²) >= 11 is 0. The number of amidine groups is 1. The normalized spacial score (nSPS) is 19.9. The van der Waals surface area contributed by atoms with Crippen molar-refractivity contribution in [3.05, 3.63) is 59.2 Å². The number of hydrogen-bond donors (Lipinski definition) is 4. The minimum absolute atomic E-state index is 0.0333. The summed E-state index contributed by atoms with van der Waals surface area (Å²) in [5, 5.41) is 19.5. The second-order valence-electron chi connectivity index (χ2n) is 8.74. The van der Waals surface area contributed by atoms with Gasteiger partial charge in [0.25, 0.3) is 5.91 Å². The summed E-state index contributed by atoms with van der Waals surface area (Å²) in [5.74, 6) is -2.24. The lowest BCUT2D eigenvalue weighted by Gasteiger charge is -2.39. The molecule has 0 aliphatic heterocycles. The van der Waals surface area contributed by atoms with Crippen molar-refractivity contribution in [2.75, 3.05) is 13.7 Å². The van der Waals surface area contributed by atoms with Gasteiger partial charge in [-0.2, -0.15) is 0 Å². The molecule has 0 spiro atoms. The zero-order valence-electron chi connectivity index (χ0n) is 19.4. The largest absolute Gasteiger partial charge is 0.497 e. The maximum absolute atomic E-state index is 14.6. The number of rotatable bonds is 9. The van der Waals surface area contributed by atoms with Crippen LogP contribution in [0.2, 0.25) is 0 Å². The van der Waals surface area contributed by atoms with Crippen LogP contribution in [0.1, 0.15) is 54.9 Å². The number of carbonyl (C=O) groups excluding carboxylic acids is 1. The average molecular weight is 476 g/mol. The Morgan fingerprint density at radius 2 is 1.79 bits per heavy atom. The maximum atomic E-state index is 14.6. The molecule has 3 rings (SSSR count). The van der Waals surface area contributed by atoms with Crippen LogP contribution in [0.15, 0.2) is 36.4 Å². The van der Waals surface area contributed by atoms with Crippen molar-refractivity contribution in [2.24, 2.45) is 11.3 Å². The highest BCUT2D eigenvalue weighted by molar-refractivity contribution is 5.94. The van der Waals surface area contributed by atoms with Gasteiger partial charge in [0.05, 0.1) is 7.11 Å². The molecule has 0 aromatic heterocycles. The molecule has 0 radical (unpaired) electrons. The number of nitrogens with one attached hydrogen (secondary N) is 3. The summed E-state index contributed by atoms with van der Waals surface area (Å²) in [6.45, 7) is 2.37. The van der Waals surface area contributed by atoms with Crippen LogP contribution >= 0.6 is 0 Å². The summed E-state index contributed by atoms with van der Waals surface area (Å²) in [7, 11) is 1.55. The summed E-state index contributed by atoms with van der Waals surface area (Å²) in [6, 6.07) is 8.87. The second kappa shape index (κ2) is 11.3. The van der Waals surface area contributed by atoms with Gasteiger partial charge in [0.2, 0.25) is 0 Å². The Hall–Kier alpha value is -3.20. The SMILES string of the molecule is CCC1(CNC(=O)c2cc(F)c(OCc3ccc(OC)cc3)c(F)c2)CCC(C(=N)NO)CC1. The first-order chi connectivity index (χ1) is 16.3. The fraction of sp³-hybridized carbons (Fsp3) is 0.440. The lowest BCUT2D eigenvalue weighted by atomic mass is 9.68. The van der Waals surface area contributed by atoms with Crippen molar-refractivity contribution >= 4 is 11.7 Å². The van der Waals surface area contributed by atoms with E-state index in [1.165, 1.54) is 0 Å². The first-order valence-corrected chi connectivity index (χ1v) is 11.3. The van der Waals surface area contributed by atoms with E-state index >= 15 is 0 Å². The molecular weight excluding hydrogens is 444 g/mol. The van der Waals surface area contributed by atoms with Gasteiger partial charge in [0.1, 0.15) is 18.2 Å². The van der Waals surface area contributed by atoms with Crippen LogP contribution in [-0.2, 0) is 6.61 Å². The van der Waals surface area contributed by atoms with Crippen molar-refractivity contribution in [2.45, 2.75) is 45.6 Å². The van der Waals surface area contributed by atoms with Crippen molar-refractivity contribution in [3.63, 3.8) is 0 Å². The van der Waals surface area contributed by atoms with E-state index in [1.807, 2.05) is 12.4 Å². The first-order valence-electron chi connectivity index (χ1n) is 11.3. The van der Waals surface area contributed by atoms with Gasteiger partial charge in [-0.25, -0.2) is 8.78 Å². The van der Waals surface area contributed by atoms with Gasteiger partial charge < -0.3 is 14.8 Å². The number of carbonyl (C=O) groups is 1. The highest BCUT2D eigenvalue weighted by atomic mass is 19.1. The fourth-order valence-corrected chi connectivity index (χ4v) is 4.34. The summed E-state index contributed by atoms with van der Waals surface area (Å²) in [6.07, 6.45) is 3.82. The number of halogens is 2. The number of methoxy groups -OCH3 is 1. The fourth-order valence-electron chi connectivity index (χ4n) is 4.34. The third-order valence-electron chi connectivity index (χ3n) is 6.75. The Labute approximate surface area is 197 Å². The Kier molecular flexibility index (Phi) is 8.44. The van der Waals surface area contributed by atoms with Crippen molar-refractivity contribution in [1.82, 2.24) is 10.8 Å². The van der Waals surface area contributed by atoms with Crippen molar-refractivity contribution < 1.29 is 28.3 Å². The predicted molar refractivity (Wildman–Crippen MR) is 123 cm³/mol. The number of benzene rings is 2. The van der Waals surface area contributed by atoms with E-state index in [2.05, 4.69) is 5.32 Å². The summed E-state index contributed by atoms with van der Waals surface area (Å²) < 4.78 is 39.5. The van der Waals surface area contributed by atoms with Crippen LogP contribution < -0.4 is 20.3 Å². The van der Waals surface area contributed by atoms with Gasteiger partial charge in [-0.05, 0) is 67.3 Å². The lowest BCUT2D eigenvalue weighted by molar-refractivity contribution is 0.0893. The minimum atomic E-state index is -0.945. The maximum Gasteiger partial charge on any atom is 0.251 e. The Morgan fingerprint density at radius 3 is 2.32 bits per heavy atom. The number of amides is 1. The minimum Gasteiger partial charge on any atom is -0.497 e. The van der Waals surface area contributed by atoms with E-state index in [-0.39, 0.29) is 29.3 Å². The molecule has 1 aliphatic rings. The predicted octanol–water partition coefficient (Wildman–Crippen LogP) is 4.82. The molecule has 0 heterocycles. The van der Waals surface area contributed by atoms with E-state index in [1.54, 1.807) is 31.4 Å². The third-order valence-corrected chi connectivity index (χ3v) is 6.75. The molecule has 1 fully saturated rings. The zero-order chi connectivity index (χ0) is 24.7. The standard InChI is InChI=1S/C25H31F2N3O4/c1-3-25(10-8-17(9-11-25)23(28)30-32)15-29-24(31)18-12-20(26)22(21(27)13-18)34-14-16-4-6-19(33-2)7-5-16/h4-7,12-13,17,32H,3,8-11,14-15H2,1-2H3,(H2,28,30)(H,29,31). The molecule has 1 saturated carbocycles. The third kappa shape index (κ3) is 6.02. The van der Waals surface area contributed by atoms with Gasteiger partial charge in [0, 0.05) is 18.0 Å². The highest BCUT2D eigenvalue weighted by Gasteiger charge is 2.35. The van der Waals surface area contributed by atoms with Gasteiger partial charge in [-0.1, -0.05) is 19.1 Å². The zero-order valence-corrected chi connectivity index (χ0v) is 19.4. The van der Waals surface area contributed by atoms with Crippen LogP contribution in [0.5, 0.6) is 11.5 Å². The van der Waals surface area contributed by atoms with Crippen LogP contribution in [0.3, 0.4) is 0 Å². The molecule has 0 saturated heterocycles. The summed E-state index contributed by atoms with van der Waals surface area (Å²) in [4.78, 5) is 12.6. The van der Waals surface area contributed by atoms with E-state index in [0.29, 0.717) is 17.9 Å². The smallest absolute Gasteiger partial charge is 0.251 e. The molecule has 7 nitrogen and oxygen atoms in total. The molecule has 2 aromatic carbocycles. The first kappa shape index (κ1) is 25.4. The second-order valence-corrected chi connectivity index (χ2v) is 8.74. The summed E-state index contributed by atoms with van der Waals surface area (Å²) in [5.41, 5.74) is 2.37. The van der Waals surface area contributed by atoms with Crippen LogP contribution in [0.4, 0.5) is 8.78 Å². The van der Waals surface area contributed by atoms with Gasteiger partial charge >= 0.3 is 0 Å². The quantitative estimate of drug-likeness (QED) is 0.236. The molecule has 1 aliphatic carbocycles. The Bertz CT molecular complexity index is 983. The van der Waals surface area contributed by atoms with Crippen molar-refractivity contribution in [1.29, 1.82) is 5.41 Å². The molecule has 0 atom stereocenters. The van der Waals surface area contributed by atoms with E-state index in [4.69, 9.17) is 20.1 Å². The van der Waals surface area contributed by atoms with E-state index < -0.39 is 23.3 Å². The number of hydroxylamine groups is 1. The van der Waals surface area contributed by atoms with Gasteiger partial charge in [-0.15, -0.1) is 0 Å².